The van der Waals surface area contributed by atoms with Crippen molar-refractivity contribution in [3.8, 4) is 11.5 Å². The first-order chi connectivity index (χ1) is 14.5. The SMILES string of the molecule is COc1ccc(C(=O)NCCCCCCNC(=O)c2ccc(OC)c(Br)c2)cc1Br. The minimum absolute atomic E-state index is 0.101. The predicted molar refractivity (Wildman–Crippen MR) is 125 cm³/mol. The van der Waals surface area contributed by atoms with Crippen LogP contribution in [-0.2, 0) is 0 Å². The maximum Gasteiger partial charge on any atom is 0.251 e. The monoisotopic (exact) mass is 540 g/mol. The molecule has 2 N–H and O–H groups in total. The largest absolute Gasteiger partial charge is 0.496 e. The van der Waals surface area contributed by atoms with E-state index in [2.05, 4.69) is 42.5 Å². The lowest BCUT2D eigenvalue weighted by atomic mass is 10.1. The minimum Gasteiger partial charge on any atom is -0.496 e. The smallest absolute Gasteiger partial charge is 0.251 e. The van der Waals surface area contributed by atoms with Gasteiger partial charge >= 0.3 is 0 Å². The average molecular weight is 542 g/mol. The van der Waals surface area contributed by atoms with E-state index in [0.717, 1.165) is 34.6 Å². The van der Waals surface area contributed by atoms with Gasteiger partial charge in [-0.1, -0.05) is 12.8 Å². The first kappa shape index (κ1) is 24.2. The molecule has 0 aliphatic rings. The molecule has 0 radical (unpaired) electrons. The van der Waals surface area contributed by atoms with Crippen LogP contribution in [0.4, 0.5) is 0 Å². The third-order valence-electron chi connectivity index (χ3n) is 4.50. The van der Waals surface area contributed by atoms with E-state index in [9.17, 15) is 9.59 Å². The number of unbranched alkanes of at least 4 members (excludes halogenated alkanes) is 3. The molecule has 30 heavy (non-hydrogen) atoms. The summed E-state index contributed by atoms with van der Waals surface area (Å²) in [5.74, 6) is 1.18. The van der Waals surface area contributed by atoms with Crippen LogP contribution in [0.5, 0.6) is 11.5 Å². The zero-order valence-corrected chi connectivity index (χ0v) is 20.3. The molecule has 0 aromatic heterocycles. The van der Waals surface area contributed by atoms with Crippen molar-refractivity contribution in [1.29, 1.82) is 0 Å². The van der Waals surface area contributed by atoms with Crippen molar-refractivity contribution in [3.63, 3.8) is 0 Å². The highest BCUT2D eigenvalue weighted by Crippen LogP contribution is 2.26. The van der Waals surface area contributed by atoms with Crippen molar-refractivity contribution in [2.24, 2.45) is 0 Å². The highest BCUT2D eigenvalue weighted by atomic mass is 79.9. The topological polar surface area (TPSA) is 76.7 Å². The lowest BCUT2D eigenvalue weighted by molar-refractivity contribution is 0.0943. The van der Waals surface area contributed by atoms with Crippen molar-refractivity contribution >= 4 is 43.7 Å². The summed E-state index contributed by atoms with van der Waals surface area (Å²) in [5, 5.41) is 5.85. The van der Waals surface area contributed by atoms with E-state index in [-0.39, 0.29) is 11.8 Å². The number of benzene rings is 2. The van der Waals surface area contributed by atoms with Crippen molar-refractivity contribution in [2.45, 2.75) is 25.7 Å². The molecule has 2 aromatic carbocycles. The van der Waals surface area contributed by atoms with Gasteiger partial charge in [0, 0.05) is 24.2 Å². The first-order valence-electron chi connectivity index (χ1n) is 9.69. The number of carbonyl (C=O) groups excluding carboxylic acids is 2. The third kappa shape index (κ3) is 7.32. The Morgan fingerprint density at radius 2 is 1.13 bits per heavy atom. The van der Waals surface area contributed by atoms with Crippen molar-refractivity contribution < 1.29 is 19.1 Å². The summed E-state index contributed by atoms with van der Waals surface area (Å²) in [5.41, 5.74) is 1.19. The third-order valence-corrected chi connectivity index (χ3v) is 5.74. The Morgan fingerprint density at radius 3 is 1.47 bits per heavy atom. The standard InChI is InChI=1S/C22H26Br2N2O4/c1-29-19-9-7-15(13-17(19)23)21(27)25-11-5-3-4-6-12-26-22(28)16-8-10-20(30-2)18(24)14-16/h7-10,13-14H,3-6,11-12H2,1-2H3,(H,25,27)(H,26,28). The van der Waals surface area contributed by atoms with E-state index >= 15 is 0 Å². The average Bonchev–Trinajstić information content (AvgIpc) is 2.75. The van der Waals surface area contributed by atoms with Crippen molar-refractivity contribution in [3.05, 3.63) is 56.5 Å². The Labute approximate surface area is 194 Å². The van der Waals surface area contributed by atoms with Gasteiger partial charge in [0.25, 0.3) is 11.8 Å². The second-order valence-corrected chi connectivity index (χ2v) is 8.33. The fourth-order valence-electron chi connectivity index (χ4n) is 2.83. The molecule has 2 aromatic rings. The van der Waals surface area contributed by atoms with E-state index in [4.69, 9.17) is 9.47 Å². The number of hydrogen-bond acceptors (Lipinski definition) is 4. The van der Waals surface area contributed by atoms with Gasteiger partial charge in [-0.2, -0.15) is 0 Å². The zero-order valence-electron chi connectivity index (χ0n) is 17.1. The molecule has 0 aliphatic carbocycles. The first-order valence-corrected chi connectivity index (χ1v) is 11.3. The fourth-order valence-corrected chi connectivity index (χ4v) is 3.91. The molecule has 2 amide bonds. The molecule has 0 unspecified atom stereocenters. The minimum atomic E-state index is -0.101. The summed E-state index contributed by atoms with van der Waals surface area (Å²) in [6.07, 6.45) is 3.75. The number of ether oxygens (including phenoxy) is 2. The van der Waals surface area contributed by atoms with E-state index in [1.165, 1.54) is 0 Å². The number of carbonyl (C=O) groups is 2. The van der Waals surface area contributed by atoms with Gasteiger partial charge in [-0.3, -0.25) is 9.59 Å². The van der Waals surface area contributed by atoms with Gasteiger partial charge in [-0.25, -0.2) is 0 Å². The van der Waals surface area contributed by atoms with E-state index in [0.29, 0.717) is 35.7 Å². The highest BCUT2D eigenvalue weighted by molar-refractivity contribution is 9.10. The normalized spacial score (nSPS) is 10.4. The molecule has 8 heteroatoms. The summed E-state index contributed by atoms with van der Waals surface area (Å²) in [6, 6.07) is 10.5. The second-order valence-electron chi connectivity index (χ2n) is 6.62. The van der Waals surface area contributed by atoms with Crippen molar-refractivity contribution in [1.82, 2.24) is 10.6 Å². The summed E-state index contributed by atoms with van der Waals surface area (Å²) < 4.78 is 11.8. The van der Waals surface area contributed by atoms with Gasteiger partial charge in [-0.15, -0.1) is 0 Å². The number of rotatable bonds is 11. The summed E-state index contributed by atoms with van der Waals surface area (Å²) in [7, 11) is 3.17. The van der Waals surface area contributed by atoms with Gasteiger partial charge in [0.15, 0.2) is 0 Å². The second kappa shape index (κ2) is 12.6. The van der Waals surface area contributed by atoms with Crippen LogP contribution < -0.4 is 20.1 Å². The number of halogens is 2. The zero-order chi connectivity index (χ0) is 21.9. The van der Waals surface area contributed by atoms with Crippen molar-refractivity contribution in [2.75, 3.05) is 27.3 Å². The van der Waals surface area contributed by atoms with Crippen LogP contribution in [0.1, 0.15) is 46.4 Å². The summed E-state index contributed by atoms with van der Waals surface area (Å²) >= 11 is 6.77. The van der Waals surface area contributed by atoms with Crippen LogP contribution in [-0.4, -0.2) is 39.1 Å². The summed E-state index contributed by atoms with van der Waals surface area (Å²) in [4.78, 5) is 24.3. The number of methoxy groups -OCH3 is 2. The Balaban J connectivity index is 1.58. The molecular formula is C22H26Br2N2O4. The van der Waals surface area contributed by atoms with Gasteiger partial charge in [0.1, 0.15) is 11.5 Å². The summed E-state index contributed by atoms with van der Waals surface area (Å²) in [6.45, 7) is 1.24. The van der Waals surface area contributed by atoms with E-state index in [1.807, 2.05) is 0 Å². The van der Waals surface area contributed by atoms with E-state index < -0.39 is 0 Å². The number of amides is 2. The molecule has 6 nitrogen and oxygen atoms in total. The van der Waals surface area contributed by atoms with Crippen LogP contribution in [0.15, 0.2) is 45.3 Å². The number of nitrogens with one attached hydrogen (secondary N) is 2. The van der Waals surface area contributed by atoms with Gasteiger partial charge < -0.3 is 20.1 Å². The molecule has 0 atom stereocenters. The van der Waals surface area contributed by atoms with Crippen LogP contribution in [0.25, 0.3) is 0 Å². The fraction of sp³-hybridized carbons (Fsp3) is 0.364. The molecule has 0 fully saturated rings. The molecular weight excluding hydrogens is 516 g/mol. The Hall–Kier alpha value is -2.06. The molecule has 0 saturated carbocycles. The quantitative estimate of drug-likeness (QED) is 0.395. The van der Waals surface area contributed by atoms with Crippen LogP contribution in [0, 0.1) is 0 Å². The molecule has 0 bridgehead atoms. The molecule has 0 aliphatic heterocycles. The van der Waals surface area contributed by atoms with E-state index in [1.54, 1.807) is 50.6 Å². The van der Waals surface area contributed by atoms with Gasteiger partial charge in [0.2, 0.25) is 0 Å². The van der Waals surface area contributed by atoms with Gasteiger partial charge in [0.05, 0.1) is 23.2 Å². The lowest BCUT2D eigenvalue weighted by Crippen LogP contribution is -2.25. The Kier molecular flexibility index (Phi) is 10.2. The number of hydrogen-bond donors (Lipinski definition) is 2. The molecule has 0 saturated heterocycles. The molecule has 162 valence electrons. The Morgan fingerprint density at radius 1 is 0.733 bits per heavy atom. The maximum absolute atomic E-state index is 12.2. The molecule has 2 rings (SSSR count). The Bertz CT molecular complexity index is 803. The molecule has 0 heterocycles. The van der Waals surface area contributed by atoms with Crippen LogP contribution in [0.2, 0.25) is 0 Å². The maximum atomic E-state index is 12.2. The predicted octanol–water partition coefficient (Wildman–Crippen LogP) is 4.95. The van der Waals surface area contributed by atoms with Crippen LogP contribution in [0.3, 0.4) is 0 Å². The lowest BCUT2D eigenvalue weighted by Gasteiger charge is -2.09. The highest BCUT2D eigenvalue weighted by Gasteiger charge is 2.09. The van der Waals surface area contributed by atoms with Crippen LogP contribution >= 0.6 is 31.9 Å². The molecule has 0 spiro atoms. The van der Waals surface area contributed by atoms with Gasteiger partial charge in [-0.05, 0) is 81.1 Å².